The standard InChI is InChI=1S/C12H25N3O4S/c1-8(10(16)15-12(2,3)4)14-11(17)9(13)6-7-20(5,18)19/h8-9H,6-7,13H2,1-5H3,(H,14,17)(H,15,16). The van der Waals surface area contributed by atoms with E-state index in [1.165, 1.54) is 0 Å². The summed E-state index contributed by atoms with van der Waals surface area (Å²) < 4.78 is 22.0. The maximum absolute atomic E-state index is 11.8. The third kappa shape index (κ3) is 8.87. The summed E-state index contributed by atoms with van der Waals surface area (Å²) in [4.78, 5) is 23.5. The predicted octanol–water partition coefficient (Wildman–Crippen LogP) is -0.832. The lowest BCUT2D eigenvalue weighted by Crippen LogP contribution is -2.53. The topological polar surface area (TPSA) is 118 Å². The van der Waals surface area contributed by atoms with Crippen LogP contribution < -0.4 is 16.4 Å². The Morgan fingerprint density at radius 1 is 1.20 bits per heavy atom. The fourth-order valence-electron chi connectivity index (χ4n) is 1.34. The van der Waals surface area contributed by atoms with Gasteiger partial charge in [-0.2, -0.15) is 0 Å². The minimum Gasteiger partial charge on any atom is -0.350 e. The number of hydrogen-bond acceptors (Lipinski definition) is 5. The molecule has 0 spiro atoms. The summed E-state index contributed by atoms with van der Waals surface area (Å²) in [5, 5.41) is 5.20. The van der Waals surface area contributed by atoms with Crippen LogP contribution in [0, 0.1) is 0 Å². The Morgan fingerprint density at radius 2 is 1.70 bits per heavy atom. The summed E-state index contributed by atoms with van der Waals surface area (Å²) in [5.74, 6) is -1.02. The molecule has 0 aliphatic heterocycles. The zero-order valence-electron chi connectivity index (χ0n) is 12.7. The van der Waals surface area contributed by atoms with Crippen LogP contribution in [0.4, 0.5) is 0 Å². The fourth-order valence-corrected chi connectivity index (χ4v) is 2.02. The van der Waals surface area contributed by atoms with Crippen LogP contribution in [0.5, 0.6) is 0 Å². The van der Waals surface area contributed by atoms with E-state index in [4.69, 9.17) is 5.73 Å². The molecule has 7 nitrogen and oxygen atoms in total. The van der Waals surface area contributed by atoms with E-state index < -0.39 is 33.4 Å². The first-order valence-electron chi connectivity index (χ1n) is 6.37. The Kier molecular flexibility index (Phi) is 6.63. The normalized spacial score (nSPS) is 15.3. The molecule has 4 N–H and O–H groups in total. The molecule has 2 atom stereocenters. The molecule has 0 aliphatic rings. The molecule has 0 fully saturated rings. The van der Waals surface area contributed by atoms with E-state index in [0.29, 0.717) is 0 Å². The summed E-state index contributed by atoms with van der Waals surface area (Å²) in [6, 6.07) is -1.68. The number of hydrogen-bond donors (Lipinski definition) is 3. The van der Waals surface area contributed by atoms with Gasteiger partial charge in [0, 0.05) is 11.8 Å². The molecule has 2 amide bonds. The van der Waals surface area contributed by atoms with Gasteiger partial charge >= 0.3 is 0 Å². The number of nitrogens with two attached hydrogens (primary N) is 1. The third-order valence-electron chi connectivity index (χ3n) is 2.39. The maximum atomic E-state index is 11.8. The molecule has 2 unspecified atom stereocenters. The molecule has 0 rings (SSSR count). The first kappa shape index (κ1) is 18.9. The summed E-state index contributed by atoms with van der Waals surface area (Å²) in [7, 11) is -3.16. The monoisotopic (exact) mass is 307 g/mol. The first-order chi connectivity index (χ1) is 8.82. The molecule has 0 aromatic heterocycles. The van der Waals surface area contributed by atoms with Gasteiger partial charge in [0.25, 0.3) is 0 Å². The van der Waals surface area contributed by atoms with Crippen molar-refractivity contribution in [3.8, 4) is 0 Å². The molecular formula is C12H25N3O4S. The largest absolute Gasteiger partial charge is 0.350 e. The molecule has 8 heteroatoms. The lowest BCUT2D eigenvalue weighted by atomic mass is 10.1. The van der Waals surface area contributed by atoms with Crippen LogP contribution in [0.3, 0.4) is 0 Å². The second-order valence-corrected chi connectivity index (χ2v) is 8.25. The van der Waals surface area contributed by atoms with Crippen LogP contribution >= 0.6 is 0 Å². The van der Waals surface area contributed by atoms with Crippen LogP contribution in [-0.4, -0.2) is 49.9 Å². The smallest absolute Gasteiger partial charge is 0.242 e. The van der Waals surface area contributed by atoms with Gasteiger partial charge < -0.3 is 16.4 Å². The van der Waals surface area contributed by atoms with Crippen molar-refractivity contribution in [1.29, 1.82) is 0 Å². The van der Waals surface area contributed by atoms with E-state index in [0.717, 1.165) is 6.26 Å². The van der Waals surface area contributed by atoms with Crippen LogP contribution in [0.15, 0.2) is 0 Å². The quantitative estimate of drug-likeness (QED) is 0.592. The van der Waals surface area contributed by atoms with Gasteiger partial charge in [0.05, 0.1) is 11.8 Å². The minimum atomic E-state index is -3.16. The number of amides is 2. The summed E-state index contributed by atoms with van der Waals surface area (Å²) >= 11 is 0. The van der Waals surface area contributed by atoms with E-state index in [2.05, 4.69) is 10.6 Å². The van der Waals surface area contributed by atoms with Gasteiger partial charge in [-0.1, -0.05) is 0 Å². The van der Waals surface area contributed by atoms with E-state index in [1.54, 1.807) is 6.92 Å². The average molecular weight is 307 g/mol. The summed E-state index contributed by atoms with van der Waals surface area (Å²) in [5.41, 5.74) is 5.20. The van der Waals surface area contributed by atoms with Crippen molar-refractivity contribution in [2.75, 3.05) is 12.0 Å². The Hall–Kier alpha value is -1.15. The lowest BCUT2D eigenvalue weighted by Gasteiger charge is -2.24. The SMILES string of the molecule is CC(NC(=O)C(N)CCS(C)(=O)=O)C(=O)NC(C)(C)C. The van der Waals surface area contributed by atoms with E-state index in [1.807, 2.05) is 20.8 Å². The fraction of sp³-hybridized carbons (Fsp3) is 0.833. The average Bonchev–Trinajstić information content (AvgIpc) is 2.22. The third-order valence-corrected chi connectivity index (χ3v) is 3.36. The molecule has 0 saturated heterocycles. The second kappa shape index (κ2) is 7.03. The van der Waals surface area contributed by atoms with Crippen LogP contribution in [0.25, 0.3) is 0 Å². The predicted molar refractivity (Wildman–Crippen MR) is 77.8 cm³/mol. The summed E-state index contributed by atoms with van der Waals surface area (Å²) in [6.45, 7) is 7.04. The van der Waals surface area contributed by atoms with Gasteiger partial charge in [-0.3, -0.25) is 9.59 Å². The molecule has 0 aromatic carbocycles. The van der Waals surface area contributed by atoms with E-state index in [9.17, 15) is 18.0 Å². The molecule has 0 heterocycles. The minimum absolute atomic E-state index is 0.0261. The molecule has 0 aromatic rings. The number of sulfone groups is 1. The Bertz CT molecular complexity index is 454. The zero-order valence-corrected chi connectivity index (χ0v) is 13.5. The molecule has 0 saturated carbocycles. The van der Waals surface area contributed by atoms with Gasteiger partial charge in [-0.15, -0.1) is 0 Å². The van der Waals surface area contributed by atoms with Gasteiger partial charge in [0.1, 0.15) is 15.9 Å². The van der Waals surface area contributed by atoms with Crippen molar-refractivity contribution < 1.29 is 18.0 Å². The van der Waals surface area contributed by atoms with Gasteiger partial charge in [0.2, 0.25) is 11.8 Å². The van der Waals surface area contributed by atoms with Crippen molar-refractivity contribution in [1.82, 2.24) is 10.6 Å². The second-order valence-electron chi connectivity index (χ2n) is 5.99. The van der Waals surface area contributed by atoms with Crippen LogP contribution in [0.1, 0.15) is 34.1 Å². The van der Waals surface area contributed by atoms with Crippen molar-refractivity contribution in [2.24, 2.45) is 5.73 Å². The van der Waals surface area contributed by atoms with Gasteiger partial charge in [-0.05, 0) is 34.1 Å². The number of rotatable bonds is 6. The highest BCUT2D eigenvalue weighted by atomic mass is 32.2. The maximum Gasteiger partial charge on any atom is 0.242 e. The Balaban J connectivity index is 4.35. The van der Waals surface area contributed by atoms with Crippen LogP contribution in [-0.2, 0) is 19.4 Å². The Morgan fingerprint density at radius 3 is 2.10 bits per heavy atom. The highest BCUT2D eigenvalue weighted by Gasteiger charge is 2.23. The van der Waals surface area contributed by atoms with E-state index in [-0.39, 0.29) is 18.1 Å². The van der Waals surface area contributed by atoms with Gasteiger partial charge in [-0.25, -0.2) is 8.42 Å². The van der Waals surface area contributed by atoms with Crippen molar-refractivity contribution in [3.05, 3.63) is 0 Å². The van der Waals surface area contributed by atoms with Crippen molar-refractivity contribution >= 4 is 21.7 Å². The molecule has 0 radical (unpaired) electrons. The highest BCUT2D eigenvalue weighted by Crippen LogP contribution is 2.00. The highest BCUT2D eigenvalue weighted by molar-refractivity contribution is 7.90. The van der Waals surface area contributed by atoms with Crippen molar-refractivity contribution in [2.45, 2.75) is 51.7 Å². The summed E-state index contributed by atoms with van der Waals surface area (Å²) in [6.07, 6.45) is 1.11. The van der Waals surface area contributed by atoms with E-state index >= 15 is 0 Å². The lowest BCUT2D eigenvalue weighted by molar-refractivity contribution is -0.130. The van der Waals surface area contributed by atoms with Crippen LogP contribution in [0.2, 0.25) is 0 Å². The number of carbonyl (C=O) groups is 2. The molecular weight excluding hydrogens is 282 g/mol. The van der Waals surface area contributed by atoms with Gasteiger partial charge in [0.15, 0.2) is 0 Å². The first-order valence-corrected chi connectivity index (χ1v) is 8.43. The zero-order chi connectivity index (χ0) is 16.1. The molecule has 0 aliphatic carbocycles. The molecule has 20 heavy (non-hydrogen) atoms. The number of carbonyl (C=O) groups excluding carboxylic acids is 2. The molecule has 118 valence electrons. The van der Waals surface area contributed by atoms with Crippen molar-refractivity contribution in [3.63, 3.8) is 0 Å². The Labute approximate surface area is 120 Å². The number of nitrogens with one attached hydrogen (secondary N) is 2. The molecule has 0 bridgehead atoms.